The summed E-state index contributed by atoms with van der Waals surface area (Å²) in [6.45, 7) is 12.2. The Balaban J connectivity index is 1.72. The van der Waals surface area contributed by atoms with Crippen LogP contribution in [0, 0.1) is 0 Å². The zero-order valence-electron chi connectivity index (χ0n) is 11.6. The van der Waals surface area contributed by atoms with Crippen LogP contribution in [0.2, 0.25) is 0 Å². The van der Waals surface area contributed by atoms with E-state index in [9.17, 15) is 0 Å². The maximum absolute atomic E-state index is 3.38. The van der Waals surface area contributed by atoms with Crippen LogP contribution in [-0.2, 0) is 0 Å². The molecule has 0 bridgehead atoms. The van der Waals surface area contributed by atoms with Crippen LogP contribution in [0.1, 0.15) is 39.5 Å². The predicted molar refractivity (Wildman–Crippen MR) is 73.4 cm³/mol. The molecule has 0 amide bonds. The second kappa shape index (κ2) is 6.72. The van der Waals surface area contributed by atoms with Crippen LogP contribution < -0.4 is 5.32 Å². The van der Waals surface area contributed by atoms with E-state index in [-0.39, 0.29) is 0 Å². The van der Waals surface area contributed by atoms with Crippen LogP contribution in [0.15, 0.2) is 0 Å². The van der Waals surface area contributed by atoms with Gasteiger partial charge in [0.05, 0.1) is 0 Å². The minimum absolute atomic E-state index is 0.841. The molecule has 0 spiro atoms. The highest BCUT2D eigenvalue weighted by Gasteiger charge is 2.29. The number of unbranched alkanes of at least 4 members (excludes halogenated alkanes) is 1. The van der Waals surface area contributed by atoms with Gasteiger partial charge in [-0.15, -0.1) is 0 Å². The molecule has 0 aliphatic carbocycles. The van der Waals surface area contributed by atoms with Gasteiger partial charge in [-0.25, -0.2) is 0 Å². The Morgan fingerprint density at radius 2 is 1.82 bits per heavy atom. The lowest BCUT2D eigenvalue weighted by Gasteiger charge is -2.45. The lowest BCUT2D eigenvalue weighted by molar-refractivity contribution is 0.0479. The lowest BCUT2D eigenvalue weighted by atomic mass is 10.0. The third kappa shape index (κ3) is 3.43. The summed E-state index contributed by atoms with van der Waals surface area (Å²) in [5.41, 5.74) is 0. The molecule has 0 aromatic heterocycles. The SMILES string of the molecule is CCCCC(CC)N1CCN(C2CNC2)CC1. The lowest BCUT2D eigenvalue weighted by Crippen LogP contribution is -2.62. The van der Waals surface area contributed by atoms with Gasteiger partial charge in [-0.05, 0) is 12.8 Å². The predicted octanol–water partition coefficient (Wildman–Crippen LogP) is 1.54. The molecule has 1 atom stereocenters. The van der Waals surface area contributed by atoms with Crippen LogP contribution in [-0.4, -0.2) is 61.2 Å². The normalized spacial score (nSPS) is 25.8. The molecule has 1 N–H and O–H groups in total. The number of hydrogen-bond donors (Lipinski definition) is 1. The Hall–Kier alpha value is -0.120. The molecule has 2 aliphatic heterocycles. The van der Waals surface area contributed by atoms with Crippen molar-refractivity contribution in [2.75, 3.05) is 39.3 Å². The van der Waals surface area contributed by atoms with E-state index in [1.807, 2.05) is 0 Å². The van der Waals surface area contributed by atoms with Crippen molar-refractivity contribution in [2.45, 2.75) is 51.6 Å². The van der Waals surface area contributed by atoms with E-state index in [0.29, 0.717) is 0 Å². The molecule has 2 saturated heterocycles. The number of rotatable bonds is 6. The highest BCUT2D eigenvalue weighted by atomic mass is 15.3. The van der Waals surface area contributed by atoms with Crippen molar-refractivity contribution in [2.24, 2.45) is 0 Å². The molecule has 100 valence electrons. The van der Waals surface area contributed by atoms with Gasteiger partial charge in [0.25, 0.3) is 0 Å². The van der Waals surface area contributed by atoms with Crippen molar-refractivity contribution in [1.29, 1.82) is 0 Å². The van der Waals surface area contributed by atoms with E-state index < -0.39 is 0 Å². The highest BCUT2D eigenvalue weighted by Crippen LogP contribution is 2.17. The molecule has 0 aromatic carbocycles. The van der Waals surface area contributed by atoms with Gasteiger partial charge in [-0.3, -0.25) is 9.80 Å². The molecular weight excluding hydrogens is 210 g/mol. The zero-order valence-corrected chi connectivity index (χ0v) is 11.6. The Kier molecular flexibility index (Phi) is 5.26. The van der Waals surface area contributed by atoms with Crippen LogP contribution in [0.3, 0.4) is 0 Å². The number of piperazine rings is 1. The summed E-state index contributed by atoms with van der Waals surface area (Å²) in [5.74, 6) is 0. The average Bonchev–Trinajstić information content (AvgIpc) is 2.30. The maximum atomic E-state index is 3.38. The quantitative estimate of drug-likeness (QED) is 0.758. The Bertz CT molecular complexity index is 208. The largest absolute Gasteiger partial charge is 0.314 e. The molecule has 2 rings (SSSR count). The molecular formula is C14H29N3. The fourth-order valence-corrected chi connectivity index (χ4v) is 3.08. The van der Waals surface area contributed by atoms with Crippen LogP contribution in [0.4, 0.5) is 0 Å². The zero-order chi connectivity index (χ0) is 12.1. The van der Waals surface area contributed by atoms with Crippen molar-refractivity contribution in [3.05, 3.63) is 0 Å². The van der Waals surface area contributed by atoms with E-state index in [4.69, 9.17) is 0 Å². The van der Waals surface area contributed by atoms with E-state index in [1.165, 1.54) is 65.0 Å². The second-order valence-electron chi connectivity index (χ2n) is 5.59. The minimum atomic E-state index is 0.841. The van der Waals surface area contributed by atoms with Crippen molar-refractivity contribution in [3.63, 3.8) is 0 Å². The highest BCUT2D eigenvalue weighted by molar-refractivity contribution is 4.88. The van der Waals surface area contributed by atoms with Crippen molar-refractivity contribution >= 4 is 0 Å². The van der Waals surface area contributed by atoms with Crippen molar-refractivity contribution in [3.8, 4) is 0 Å². The molecule has 0 radical (unpaired) electrons. The molecule has 2 aliphatic rings. The van der Waals surface area contributed by atoms with E-state index in [2.05, 4.69) is 29.0 Å². The Labute approximate surface area is 107 Å². The topological polar surface area (TPSA) is 18.5 Å². The Morgan fingerprint density at radius 1 is 1.12 bits per heavy atom. The van der Waals surface area contributed by atoms with Gasteiger partial charge >= 0.3 is 0 Å². The monoisotopic (exact) mass is 239 g/mol. The first-order valence-electron chi connectivity index (χ1n) is 7.54. The fraction of sp³-hybridized carbons (Fsp3) is 1.00. The van der Waals surface area contributed by atoms with Gasteiger partial charge < -0.3 is 5.32 Å². The van der Waals surface area contributed by atoms with Crippen LogP contribution in [0.5, 0.6) is 0 Å². The summed E-state index contributed by atoms with van der Waals surface area (Å²) < 4.78 is 0. The van der Waals surface area contributed by atoms with Crippen molar-refractivity contribution in [1.82, 2.24) is 15.1 Å². The van der Waals surface area contributed by atoms with Gasteiger partial charge in [0.1, 0.15) is 0 Å². The fourth-order valence-electron chi connectivity index (χ4n) is 3.08. The van der Waals surface area contributed by atoms with Crippen LogP contribution in [0.25, 0.3) is 0 Å². The second-order valence-corrected chi connectivity index (χ2v) is 5.59. The average molecular weight is 239 g/mol. The molecule has 1 unspecified atom stereocenters. The maximum Gasteiger partial charge on any atom is 0.0346 e. The minimum Gasteiger partial charge on any atom is -0.314 e. The van der Waals surface area contributed by atoms with E-state index >= 15 is 0 Å². The summed E-state index contributed by atoms with van der Waals surface area (Å²) in [6.07, 6.45) is 5.46. The molecule has 0 saturated carbocycles. The summed E-state index contributed by atoms with van der Waals surface area (Å²) in [4.78, 5) is 5.41. The third-order valence-electron chi connectivity index (χ3n) is 4.50. The Morgan fingerprint density at radius 3 is 2.29 bits per heavy atom. The summed E-state index contributed by atoms with van der Waals surface area (Å²) in [5, 5.41) is 3.38. The summed E-state index contributed by atoms with van der Waals surface area (Å²) in [6, 6.07) is 1.68. The van der Waals surface area contributed by atoms with E-state index in [0.717, 1.165) is 12.1 Å². The van der Waals surface area contributed by atoms with Gasteiger partial charge in [-0.2, -0.15) is 0 Å². The first kappa shape index (κ1) is 13.3. The standard InChI is InChI=1S/C14H29N3/c1-3-5-6-13(4-2)16-7-9-17(10-8-16)14-11-15-12-14/h13-15H,3-12H2,1-2H3. The molecule has 3 nitrogen and oxygen atoms in total. The van der Waals surface area contributed by atoms with Gasteiger partial charge in [0.15, 0.2) is 0 Å². The first-order chi connectivity index (χ1) is 8.35. The molecule has 2 fully saturated rings. The molecule has 17 heavy (non-hydrogen) atoms. The molecule has 2 heterocycles. The first-order valence-corrected chi connectivity index (χ1v) is 7.54. The van der Waals surface area contributed by atoms with Crippen LogP contribution >= 0.6 is 0 Å². The number of nitrogens with zero attached hydrogens (tertiary/aromatic N) is 2. The molecule has 3 heteroatoms. The van der Waals surface area contributed by atoms with Gasteiger partial charge in [0.2, 0.25) is 0 Å². The summed E-state index contributed by atoms with van der Waals surface area (Å²) >= 11 is 0. The number of nitrogens with one attached hydrogen (secondary N) is 1. The number of hydrogen-bond acceptors (Lipinski definition) is 3. The molecule has 0 aromatic rings. The smallest absolute Gasteiger partial charge is 0.0346 e. The van der Waals surface area contributed by atoms with E-state index in [1.54, 1.807) is 0 Å². The van der Waals surface area contributed by atoms with Gasteiger partial charge in [-0.1, -0.05) is 26.7 Å². The summed E-state index contributed by atoms with van der Waals surface area (Å²) in [7, 11) is 0. The van der Waals surface area contributed by atoms with Crippen molar-refractivity contribution < 1.29 is 0 Å². The third-order valence-corrected chi connectivity index (χ3v) is 4.50. The van der Waals surface area contributed by atoms with Gasteiger partial charge in [0, 0.05) is 51.4 Å².